The highest BCUT2D eigenvalue weighted by Gasteiger charge is 2.48. The monoisotopic (exact) mass is 1060 g/mol. The highest BCUT2D eigenvalue weighted by molar-refractivity contribution is 7.80. The van der Waals surface area contributed by atoms with Gasteiger partial charge in [-0.2, -0.15) is 8.42 Å². The summed E-state index contributed by atoms with van der Waals surface area (Å²) in [5.74, 6) is -0.408. The van der Waals surface area contributed by atoms with Gasteiger partial charge in [-0.25, -0.2) is 4.18 Å². The van der Waals surface area contributed by atoms with Crippen LogP contribution in [0, 0.1) is 0 Å². The highest BCUT2D eigenvalue weighted by atomic mass is 32.3. The SMILES string of the molecule is CC/C=C\C/C=C\C/C=C\C/C=C\C/C=C\C/C=C\CCCCCOCC(COC1OC(CO)C(O)C(OS(=O)(=O)O)C1O)OC(=O)CCCCCCCCCCCCCCCCCCCCCCCCCCC. The zero-order valence-electron chi connectivity index (χ0n) is 46.6. The molecule has 12 nitrogen and oxygen atoms in total. The molecule has 1 aliphatic rings. The van der Waals surface area contributed by atoms with Gasteiger partial charge >= 0.3 is 16.4 Å². The van der Waals surface area contributed by atoms with Crippen LogP contribution in [0.1, 0.15) is 245 Å². The number of ether oxygens (including phenoxy) is 4. The molecule has 74 heavy (non-hydrogen) atoms. The van der Waals surface area contributed by atoms with Crippen molar-refractivity contribution in [3.63, 3.8) is 0 Å². The van der Waals surface area contributed by atoms with E-state index in [-0.39, 0.29) is 19.6 Å². The van der Waals surface area contributed by atoms with E-state index in [2.05, 4.69) is 90.9 Å². The predicted octanol–water partition coefficient (Wildman–Crippen LogP) is 15.0. The van der Waals surface area contributed by atoms with Gasteiger partial charge in [0.05, 0.1) is 19.8 Å². The third kappa shape index (κ3) is 43.6. The Kier molecular flexibility index (Phi) is 48.2. The molecule has 1 aliphatic heterocycles. The predicted molar refractivity (Wildman–Crippen MR) is 303 cm³/mol. The zero-order chi connectivity index (χ0) is 53.8. The fraction of sp³-hybridized carbons (Fsp3) is 0.787. The Balaban J connectivity index is 2.31. The lowest BCUT2D eigenvalue weighted by Gasteiger charge is -2.41. The standard InChI is InChI=1S/C61H108O12S/c1-3-5-7-9-11-13-15-17-19-21-23-25-27-28-29-30-32-34-36-38-40-42-44-46-48-50-57(63)71-55(54-70-61-59(65)60(73-74(66,67)68)58(64)56(52-62)72-61)53-69-51-49-47-45-43-41-39-37-35-33-31-26-24-22-20-18-16-14-12-10-8-6-4-2/h6,8,12,14,18,20,24,26,33,35,39,41,55-56,58-62,64-65H,3-5,7,9-11,13,15-17,19,21-23,25,27-32,34,36-38,40,42-54H2,1-2H3,(H,66,67,68)/b8-6-,14-12-,20-18-,26-24-,35-33-,41-39-. The Hall–Kier alpha value is -2.46. The average molecular weight is 1070 g/mol. The van der Waals surface area contributed by atoms with E-state index in [0.29, 0.717) is 13.0 Å². The summed E-state index contributed by atoms with van der Waals surface area (Å²) in [6.45, 7) is 3.83. The number of aliphatic hydroxyl groups excluding tert-OH is 3. The molecule has 0 aromatic heterocycles. The molecule has 0 saturated carbocycles. The maximum absolute atomic E-state index is 13.0. The van der Waals surface area contributed by atoms with Gasteiger partial charge in [0.1, 0.15) is 30.5 Å². The second-order valence-electron chi connectivity index (χ2n) is 20.2. The van der Waals surface area contributed by atoms with Crippen LogP contribution in [-0.4, -0.2) is 97.5 Å². The van der Waals surface area contributed by atoms with Crippen molar-refractivity contribution in [3.05, 3.63) is 72.9 Å². The van der Waals surface area contributed by atoms with E-state index in [1.165, 1.54) is 135 Å². The van der Waals surface area contributed by atoms with Gasteiger partial charge in [-0.1, -0.05) is 247 Å². The van der Waals surface area contributed by atoms with Gasteiger partial charge in [0.25, 0.3) is 0 Å². The molecule has 1 heterocycles. The van der Waals surface area contributed by atoms with Crippen LogP contribution in [0.25, 0.3) is 0 Å². The zero-order valence-corrected chi connectivity index (χ0v) is 47.5. The van der Waals surface area contributed by atoms with Crippen molar-refractivity contribution in [3.8, 4) is 0 Å². The number of carbonyl (C=O) groups is 1. The molecule has 0 aromatic rings. The molecule has 13 heteroatoms. The van der Waals surface area contributed by atoms with Crippen molar-refractivity contribution in [2.75, 3.05) is 26.4 Å². The highest BCUT2D eigenvalue weighted by Crippen LogP contribution is 2.26. The molecule has 0 aliphatic carbocycles. The van der Waals surface area contributed by atoms with Gasteiger partial charge in [-0.05, 0) is 64.2 Å². The van der Waals surface area contributed by atoms with Crippen molar-refractivity contribution >= 4 is 16.4 Å². The Morgan fingerprint density at radius 1 is 0.527 bits per heavy atom. The molecule has 0 bridgehead atoms. The Labute approximate surface area is 451 Å². The Morgan fingerprint density at radius 3 is 1.35 bits per heavy atom. The molecule has 1 saturated heterocycles. The minimum atomic E-state index is -5.08. The van der Waals surface area contributed by atoms with Crippen LogP contribution >= 0.6 is 0 Å². The maximum atomic E-state index is 13.0. The van der Waals surface area contributed by atoms with Gasteiger partial charge in [0.15, 0.2) is 6.29 Å². The molecule has 0 aromatic carbocycles. The van der Waals surface area contributed by atoms with Crippen molar-refractivity contribution in [1.29, 1.82) is 0 Å². The maximum Gasteiger partial charge on any atom is 0.397 e. The molecule has 6 atom stereocenters. The smallest absolute Gasteiger partial charge is 0.397 e. The summed E-state index contributed by atoms with van der Waals surface area (Å²) < 4.78 is 59.4. The average Bonchev–Trinajstić information content (AvgIpc) is 3.38. The molecule has 6 unspecified atom stereocenters. The molecule has 0 radical (unpaired) electrons. The van der Waals surface area contributed by atoms with Crippen LogP contribution in [0.2, 0.25) is 0 Å². The summed E-state index contributed by atoms with van der Waals surface area (Å²) >= 11 is 0. The number of aliphatic hydroxyl groups is 3. The van der Waals surface area contributed by atoms with Gasteiger partial charge in [-0.3, -0.25) is 9.35 Å². The number of esters is 1. The molecule has 0 spiro atoms. The first kappa shape index (κ1) is 69.6. The van der Waals surface area contributed by atoms with Crippen LogP contribution < -0.4 is 0 Å². The first-order valence-electron chi connectivity index (χ1n) is 29.7. The number of rotatable bonds is 52. The molecule has 4 N–H and O–H groups in total. The molecular weight excluding hydrogens is 957 g/mol. The van der Waals surface area contributed by atoms with E-state index in [9.17, 15) is 33.1 Å². The van der Waals surface area contributed by atoms with Crippen molar-refractivity contribution in [2.24, 2.45) is 0 Å². The van der Waals surface area contributed by atoms with E-state index < -0.39 is 59.8 Å². The van der Waals surface area contributed by atoms with E-state index >= 15 is 0 Å². The van der Waals surface area contributed by atoms with Crippen LogP contribution in [0.4, 0.5) is 0 Å². The van der Waals surface area contributed by atoms with Crippen LogP contribution in [0.15, 0.2) is 72.9 Å². The van der Waals surface area contributed by atoms with Crippen LogP contribution in [0.5, 0.6) is 0 Å². The molecule has 0 amide bonds. The summed E-state index contributed by atoms with van der Waals surface area (Å²) in [7, 11) is -5.08. The molecular formula is C61H108O12S. The van der Waals surface area contributed by atoms with Gasteiger partial charge in [0.2, 0.25) is 0 Å². The largest absolute Gasteiger partial charge is 0.457 e. The topological polar surface area (TPSA) is 178 Å². The van der Waals surface area contributed by atoms with Crippen LogP contribution in [0.3, 0.4) is 0 Å². The van der Waals surface area contributed by atoms with Crippen molar-refractivity contribution < 1.29 is 56.2 Å². The lowest BCUT2D eigenvalue weighted by atomic mass is 9.99. The van der Waals surface area contributed by atoms with Gasteiger partial charge in [0, 0.05) is 13.0 Å². The quantitative estimate of drug-likeness (QED) is 0.0196. The van der Waals surface area contributed by atoms with Crippen LogP contribution in [-0.2, 0) is 38.3 Å². The first-order valence-corrected chi connectivity index (χ1v) is 31.1. The lowest BCUT2D eigenvalue weighted by molar-refractivity contribution is -0.301. The summed E-state index contributed by atoms with van der Waals surface area (Å²) in [4.78, 5) is 13.0. The summed E-state index contributed by atoms with van der Waals surface area (Å²) in [6, 6.07) is 0. The number of carbonyl (C=O) groups excluding carboxylic acids is 1. The van der Waals surface area contributed by atoms with Crippen molar-refractivity contribution in [2.45, 2.75) is 282 Å². The van der Waals surface area contributed by atoms with E-state index in [1.807, 2.05) is 0 Å². The first-order chi connectivity index (χ1) is 36.1. The number of allylic oxidation sites excluding steroid dienone is 12. The Bertz CT molecular complexity index is 1560. The van der Waals surface area contributed by atoms with Crippen molar-refractivity contribution in [1.82, 2.24) is 0 Å². The number of hydrogen-bond donors (Lipinski definition) is 4. The minimum Gasteiger partial charge on any atom is -0.457 e. The van der Waals surface area contributed by atoms with Gasteiger partial charge < -0.3 is 34.3 Å². The normalized spacial score (nSPS) is 19.2. The summed E-state index contributed by atoms with van der Waals surface area (Å²) in [6.07, 6.45) is 59.5. The van der Waals surface area contributed by atoms with E-state index in [0.717, 1.165) is 83.5 Å². The third-order valence-electron chi connectivity index (χ3n) is 13.3. The minimum absolute atomic E-state index is 0.0121. The fourth-order valence-corrected chi connectivity index (χ4v) is 9.42. The number of hydrogen-bond acceptors (Lipinski definition) is 11. The van der Waals surface area contributed by atoms with E-state index in [1.54, 1.807) is 0 Å². The molecule has 430 valence electrons. The summed E-state index contributed by atoms with van der Waals surface area (Å²) in [5.41, 5.74) is 0. The molecule has 1 fully saturated rings. The van der Waals surface area contributed by atoms with Gasteiger partial charge in [-0.15, -0.1) is 0 Å². The number of unbranched alkanes of at least 4 members (excludes halogenated alkanes) is 27. The third-order valence-corrected chi connectivity index (χ3v) is 13.8. The Morgan fingerprint density at radius 2 is 0.932 bits per heavy atom. The second-order valence-corrected chi connectivity index (χ2v) is 21.3. The molecule has 1 rings (SSSR count). The lowest BCUT2D eigenvalue weighted by Crippen LogP contribution is -2.60. The second kappa shape index (κ2) is 51.3. The van der Waals surface area contributed by atoms with E-state index in [4.69, 9.17) is 18.9 Å². The summed E-state index contributed by atoms with van der Waals surface area (Å²) in [5, 5.41) is 30.9. The fourth-order valence-electron chi connectivity index (χ4n) is 8.91.